The van der Waals surface area contributed by atoms with Crippen molar-refractivity contribution in [1.29, 1.82) is 0 Å². The van der Waals surface area contributed by atoms with Crippen LogP contribution >= 0.6 is 7.60 Å². The Labute approximate surface area is 115 Å². The van der Waals surface area contributed by atoms with Crippen molar-refractivity contribution in [3.63, 3.8) is 0 Å². The van der Waals surface area contributed by atoms with Gasteiger partial charge in [0.25, 0.3) is 0 Å². The lowest BCUT2D eigenvalue weighted by molar-refractivity contribution is 0.219. The Morgan fingerprint density at radius 3 is 2.00 bits per heavy atom. The van der Waals surface area contributed by atoms with Crippen molar-refractivity contribution in [3.8, 4) is 5.75 Å². The summed E-state index contributed by atoms with van der Waals surface area (Å²) in [6.45, 7) is 8.34. The fourth-order valence-electron chi connectivity index (χ4n) is 1.69. The first kappa shape index (κ1) is 16.2. The highest BCUT2D eigenvalue weighted by Crippen LogP contribution is 2.51. The molecule has 0 fully saturated rings. The number of rotatable bonds is 8. The summed E-state index contributed by atoms with van der Waals surface area (Å²) in [5.74, 6) is 0.807. The van der Waals surface area contributed by atoms with Crippen molar-refractivity contribution in [2.75, 3.05) is 13.2 Å². The summed E-state index contributed by atoms with van der Waals surface area (Å²) < 4.78 is 28.5. The minimum Gasteiger partial charge on any atom is -0.491 e. The number of hydrogen-bond donors (Lipinski definition) is 0. The molecule has 0 radical (unpaired) electrons. The van der Waals surface area contributed by atoms with E-state index >= 15 is 0 Å². The largest absolute Gasteiger partial charge is 0.491 e. The highest BCUT2D eigenvalue weighted by molar-refractivity contribution is 7.53. The molecule has 0 aliphatic carbocycles. The molecule has 0 heterocycles. The van der Waals surface area contributed by atoms with Crippen LogP contribution < -0.4 is 4.74 Å². The first-order valence-corrected chi connectivity index (χ1v) is 8.35. The van der Waals surface area contributed by atoms with Crippen molar-refractivity contribution >= 4 is 7.60 Å². The molecule has 19 heavy (non-hydrogen) atoms. The molecule has 0 saturated carbocycles. The smallest absolute Gasteiger partial charge is 0.335 e. The molecule has 108 valence electrons. The molecule has 1 aromatic carbocycles. The van der Waals surface area contributed by atoms with Gasteiger partial charge in [0.1, 0.15) is 5.75 Å². The highest BCUT2D eigenvalue weighted by Gasteiger charge is 2.23. The molecule has 0 spiro atoms. The van der Waals surface area contributed by atoms with Crippen LogP contribution in [0.5, 0.6) is 5.75 Å². The third-order valence-electron chi connectivity index (χ3n) is 2.32. The van der Waals surface area contributed by atoms with Gasteiger partial charge in [-0.15, -0.1) is 0 Å². The van der Waals surface area contributed by atoms with Crippen molar-refractivity contribution in [3.05, 3.63) is 29.8 Å². The molecule has 0 N–H and O–H groups in total. The molecule has 0 aliphatic rings. The number of ether oxygens (including phenoxy) is 1. The number of benzene rings is 1. The predicted octanol–water partition coefficient (Wildman–Crippen LogP) is 4.24. The first-order valence-electron chi connectivity index (χ1n) is 6.62. The van der Waals surface area contributed by atoms with Gasteiger partial charge >= 0.3 is 7.60 Å². The van der Waals surface area contributed by atoms with Gasteiger partial charge in [-0.2, -0.15) is 0 Å². The zero-order valence-electron chi connectivity index (χ0n) is 12.1. The second-order valence-corrected chi connectivity index (χ2v) is 6.47. The van der Waals surface area contributed by atoms with Gasteiger partial charge in [-0.05, 0) is 45.4 Å². The minimum atomic E-state index is -3.02. The normalized spacial score (nSPS) is 11.8. The summed E-state index contributed by atoms with van der Waals surface area (Å²) in [6, 6.07) is 7.53. The lowest BCUT2D eigenvalue weighted by Gasteiger charge is -2.17. The van der Waals surface area contributed by atoms with Crippen LogP contribution in [0.1, 0.15) is 33.3 Å². The zero-order chi connectivity index (χ0) is 14.3. The van der Waals surface area contributed by atoms with Gasteiger partial charge in [0, 0.05) is 0 Å². The Morgan fingerprint density at radius 2 is 1.58 bits per heavy atom. The molecule has 0 aromatic heterocycles. The monoisotopic (exact) mass is 286 g/mol. The quantitative estimate of drug-likeness (QED) is 0.670. The molecule has 0 amide bonds. The van der Waals surface area contributed by atoms with E-state index in [1.54, 1.807) is 0 Å². The summed E-state index contributed by atoms with van der Waals surface area (Å²) in [6.07, 6.45) is 0.431. The van der Waals surface area contributed by atoms with Crippen molar-refractivity contribution < 1.29 is 18.3 Å². The third-order valence-corrected chi connectivity index (χ3v) is 4.38. The molecule has 0 atom stereocenters. The molecular weight excluding hydrogens is 263 g/mol. The third kappa shape index (κ3) is 5.77. The van der Waals surface area contributed by atoms with Gasteiger partial charge < -0.3 is 13.8 Å². The van der Waals surface area contributed by atoms with Crippen molar-refractivity contribution in [2.45, 2.75) is 40.0 Å². The van der Waals surface area contributed by atoms with Crippen LogP contribution in [-0.2, 0) is 19.8 Å². The van der Waals surface area contributed by atoms with E-state index in [2.05, 4.69) is 0 Å². The van der Waals surface area contributed by atoms with Crippen LogP contribution in [0.25, 0.3) is 0 Å². The van der Waals surface area contributed by atoms with Crippen LogP contribution in [0.3, 0.4) is 0 Å². The Bertz CT molecular complexity index is 404. The summed E-state index contributed by atoms with van der Waals surface area (Å²) in [5.41, 5.74) is 0.918. The zero-order valence-corrected chi connectivity index (χ0v) is 13.0. The molecule has 0 unspecified atom stereocenters. The first-order chi connectivity index (χ1) is 8.99. The average Bonchev–Trinajstić information content (AvgIpc) is 2.31. The molecule has 0 aliphatic heterocycles. The van der Waals surface area contributed by atoms with Gasteiger partial charge in [-0.25, -0.2) is 0 Å². The van der Waals surface area contributed by atoms with Crippen LogP contribution in [0.4, 0.5) is 0 Å². The topological polar surface area (TPSA) is 44.8 Å². The van der Waals surface area contributed by atoms with Gasteiger partial charge in [0.15, 0.2) is 0 Å². The summed E-state index contributed by atoms with van der Waals surface area (Å²) in [7, 11) is -3.02. The molecule has 1 rings (SSSR count). The van der Waals surface area contributed by atoms with Gasteiger partial charge in [-0.1, -0.05) is 12.1 Å². The SMILES string of the molecule is CCOP(=O)(Cc1ccc(OC(C)C)cc1)OCC. The Kier molecular flexibility index (Phi) is 6.56. The minimum absolute atomic E-state index is 0.142. The van der Waals surface area contributed by atoms with E-state index in [9.17, 15) is 4.57 Å². The maximum atomic E-state index is 12.4. The fourth-order valence-corrected chi connectivity index (χ4v) is 3.39. The van der Waals surface area contributed by atoms with E-state index in [1.165, 1.54) is 0 Å². The molecule has 0 bridgehead atoms. The van der Waals surface area contributed by atoms with Gasteiger partial charge in [0.2, 0.25) is 0 Å². The van der Waals surface area contributed by atoms with Crippen LogP contribution in [-0.4, -0.2) is 19.3 Å². The van der Waals surface area contributed by atoms with Crippen LogP contribution in [0.2, 0.25) is 0 Å². The lowest BCUT2D eigenvalue weighted by Crippen LogP contribution is -2.05. The van der Waals surface area contributed by atoms with Gasteiger partial charge in [-0.3, -0.25) is 4.57 Å². The molecule has 5 heteroatoms. The Morgan fingerprint density at radius 1 is 1.05 bits per heavy atom. The molecule has 1 aromatic rings. The van der Waals surface area contributed by atoms with E-state index in [0.717, 1.165) is 11.3 Å². The second-order valence-electron chi connectivity index (χ2n) is 4.42. The van der Waals surface area contributed by atoms with E-state index < -0.39 is 7.60 Å². The number of hydrogen-bond acceptors (Lipinski definition) is 4. The van der Waals surface area contributed by atoms with Gasteiger partial charge in [0.05, 0.1) is 25.5 Å². The average molecular weight is 286 g/mol. The van der Waals surface area contributed by atoms with Crippen molar-refractivity contribution in [2.24, 2.45) is 0 Å². The van der Waals surface area contributed by atoms with Crippen LogP contribution in [0.15, 0.2) is 24.3 Å². The van der Waals surface area contributed by atoms with E-state index in [4.69, 9.17) is 13.8 Å². The standard InChI is InChI=1S/C14H23O4P/c1-5-16-19(15,17-6-2)11-13-7-9-14(10-8-13)18-12(3)4/h7-10,12H,5-6,11H2,1-4H3. The fraction of sp³-hybridized carbons (Fsp3) is 0.571. The molecule has 0 saturated heterocycles. The summed E-state index contributed by atoms with van der Waals surface area (Å²) >= 11 is 0. The lowest BCUT2D eigenvalue weighted by atomic mass is 10.2. The van der Waals surface area contributed by atoms with E-state index in [1.807, 2.05) is 52.0 Å². The highest BCUT2D eigenvalue weighted by atomic mass is 31.2. The maximum absolute atomic E-state index is 12.4. The Hall–Kier alpha value is -0.830. The van der Waals surface area contributed by atoms with Crippen LogP contribution in [0, 0.1) is 0 Å². The predicted molar refractivity (Wildman–Crippen MR) is 76.8 cm³/mol. The Balaban J connectivity index is 2.72. The second kappa shape index (κ2) is 7.68. The van der Waals surface area contributed by atoms with E-state index in [0.29, 0.717) is 13.2 Å². The summed E-state index contributed by atoms with van der Waals surface area (Å²) in [4.78, 5) is 0. The molecule has 4 nitrogen and oxygen atoms in total. The van der Waals surface area contributed by atoms with E-state index in [-0.39, 0.29) is 12.3 Å². The maximum Gasteiger partial charge on any atom is 0.335 e. The molecular formula is C14H23O4P. The van der Waals surface area contributed by atoms with Crippen molar-refractivity contribution in [1.82, 2.24) is 0 Å². The summed E-state index contributed by atoms with van der Waals surface area (Å²) in [5, 5.41) is 0.